The van der Waals surface area contributed by atoms with Crippen LogP contribution in [0, 0.1) is 13.8 Å². The highest BCUT2D eigenvalue weighted by atomic mass is 16.1. The molecule has 2 aromatic heterocycles. The van der Waals surface area contributed by atoms with Gasteiger partial charge in [-0.25, -0.2) is 4.98 Å². The van der Waals surface area contributed by atoms with Gasteiger partial charge in [0.05, 0.1) is 5.69 Å². The van der Waals surface area contributed by atoms with E-state index in [2.05, 4.69) is 27.8 Å². The minimum absolute atomic E-state index is 0.0906. The maximum atomic E-state index is 12.5. The summed E-state index contributed by atoms with van der Waals surface area (Å²) in [6, 6.07) is 14.1. The van der Waals surface area contributed by atoms with E-state index in [9.17, 15) is 4.79 Å². The Bertz CT molecular complexity index is 839. The molecule has 0 saturated heterocycles. The number of rotatable bonds is 6. The van der Waals surface area contributed by atoms with Crippen molar-refractivity contribution in [3.8, 4) is 0 Å². The molecule has 2 N–H and O–H groups in total. The van der Waals surface area contributed by atoms with Gasteiger partial charge in [0.25, 0.3) is 5.91 Å². The van der Waals surface area contributed by atoms with Crippen molar-refractivity contribution in [3.05, 3.63) is 71.2 Å². The number of fused-ring (bicyclic) bond motifs is 1. The van der Waals surface area contributed by atoms with Crippen LogP contribution in [0.5, 0.6) is 0 Å². The quantitative estimate of drug-likeness (QED) is 0.686. The zero-order chi connectivity index (χ0) is 16.9. The Balaban J connectivity index is 1.56. The molecule has 0 unspecified atom stereocenters. The molecule has 0 aliphatic rings. The Kier molecular flexibility index (Phi) is 4.91. The van der Waals surface area contributed by atoms with Gasteiger partial charge >= 0.3 is 0 Å². The first-order valence-corrected chi connectivity index (χ1v) is 8.13. The van der Waals surface area contributed by atoms with E-state index in [0.29, 0.717) is 12.2 Å². The van der Waals surface area contributed by atoms with E-state index < -0.39 is 0 Å². The lowest BCUT2D eigenvalue weighted by Gasteiger charge is -2.08. The Hall–Kier alpha value is -2.66. The minimum atomic E-state index is -0.0906. The van der Waals surface area contributed by atoms with Gasteiger partial charge in [-0.3, -0.25) is 9.20 Å². The van der Waals surface area contributed by atoms with E-state index in [1.165, 1.54) is 5.56 Å². The lowest BCUT2D eigenvalue weighted by Crippen LogP contribution is -2.32. The summed E-state index contributed by atoms with van der Waals surface area (Å²) < 4.78 is 1.86. The van der Waals surface area contributed by atoms with E-state index in [4.69, 9.17) is 0 Å². The molecule has 0 fully saturated rings. The van der Waals surface area contributed by atoms with Gasteiger partial charge in [-0.15, -0.1) is 0 Å². The molecule has 1 aromatic carbocycles. The van der Waals surface area contributed by atoms with Crippen LogP contribution >= 0.6 is 0 Å². The number of pyridine rings is 1. The molecule has 0 atom stereocenters. The van der Waals surface area contributed by atoms with Crippen LogP contribution in [-0.2, 0) is 6.54 Å². The third kappa shape index (κ3) is 3.63. The van der Waals surface area contributed by atoms with Crippen LogP contribution in [0.2, 0.25) is 0 Å². The standard InChI is InChI=1S/C19H22N4O/c1-14-8-9-17-22-15(2)18(23(17)13-14)19(24)21-11-10-20-12-16-6-4-3-5-7-16/h3-9,13,20H,10-12H2,1-2H3,(H,21,24). The van der Waals surface area contributed by atoms with Gasteiger partial charge in [0.15, 0.2) is 0 Å². The first kappa shape index (κ1) is 16.2. The van der Waals surface area contributed by atoms with Crippen LogP contribution in [-0.4, -0.2) is 28.4 Å². The van der Waals surface area contributed by atoms with Crippen LogP contribution in [0.3, 0.4) is 0 Å². The van der Waals surface area contributed by atoms with Crippen molar-refractivity contribution in [3.63, 3.8) is 0 Å². The molecular formula is C19H22N4O. The van der Waals surface area contributed by atoms with Gasteiger partial charge in [-0.1, -0.05) is 36.4 Å². The molecule has 3 aromatic rings. The monoisotopic (exact) mass is 322 g/mol. The summed E-state index contributed by atoms with van der Waals surface area (Å²) in [5.74, 6) is -0.0906. The summed E-state index contributed by atoms with van der Waals surface area (Å²) in [6.07, 6.45) is 1.94. The van der Waals surface area contributed by atoms with Crippen molar-refractivity contribution < 1.29 is 4.79 Å². The number of carbonyl (C=O) groups is 1. The zero-order valence-electron chi connectivity index (χ0n) is 14.0. The number of hydrogen-bond acceptors (Lipinski definition) is 3. The average molecular weight is 322 g/mol. The summed E-state index contributed by atoms with van der Waals surface area (Å²) in [5.41, 5.74) is 4.48. The van der Waals surface area contributed by atoms with Crippen LogP contribution < -0.4 is 10.6 Å². The maximum absolute atomic E-state index is 12.5. The zero-order valence-corrected chi connectivity index (χ0v) is 14.0. The number of benzene rings is 1. The molecule has 3 rings (SSSR count). The largest absolute Gasteiger partial charge is 0.349 e. The highest BCUT2D eigenvalue weighted by Crippen LogP contribution is 2.13. The summed E-state index contributed by atoms with van der Waals surface area (Å²) >= 11 is 0. The van der Waals surface area contributed by atoms with E-state index in [-0.39, 0.29) is 5.91 Å². The number of carbonyl (C=O) groups excluding carboxylic acids is 1. The first-order valence-electron chi connectivity index (χ1n) is 8.13. The molecule has 2 heterocycles. The highest BCUT2D eigenvalue weighted by molar-refractivity contribution is 5.94. The van der Waals surface area contributed by atoms with Crippen LogP contribution in [0.1, 0.15) is 27.3 Å². The van der Waals surface area contributed by atoms with Gasteiger partial charge in [-0.05, 0) is 31.0 Å². The summed E-state index contributed by atoms with van der Waals surface area (Å²) in [5, 5.41) is 6.29. The third-order valence-corrected chi connectivity index (χ3v) is 3.92. The predicted octanol–water partition coefficient (Wildman–Crippen LogP) is 2.47. The Morgan fingerprint density at radius 1 is 1.08 bits per heavy atom. The fourth-order valence-electron chi connectivity index (χ4n) is 2.72. The summed E-state index contributed by atoms with van der Waals surface area (Å²) in [7, 11) is 0. The van der Waals surface area contributed by atoms with Crippen molar-refractivity contribution >= 4 is 11.6 Å². The average Bonchev–Trinajstić information content (AvgIpc) is 2.90. The number of hydrogen-bond donors (Lipinski definition) is 2. The molecule has 5 nitrogen and oxygen atoms in total. The van der Waals surface area contributed by atoms with Crippen LogP contribution in [0.4, 0.5) is 0 Å². The molecule has 24 heavy (non-hydrogen) atoms. The number of amides is 1. The lowest BCUT2D eigenvalue weighted by molar-refractivity contribution is 0.0947. The Morgan fingerprint density at radius 2 is 1.88 bits per heavy atom. The van der Waals surface area contributed by atoms with Gasteiger partial charge in [0, 0.05) is 25.8 Å². The van der Waals surface area contributed by atoms with Gasteiger partial charge in [-0.2, -0.15) is 0 Å². The first-order chi connectivity index (χ1) is 11.6. The normalized spacial score (nSPS) is 10.9. The second-order valence-corrected chi connectivity index (χ2v) is 5.90. The fraction of sp³-hybridized carbons (Fsp3) is 0.263. The van der Waals surface area contributed by atoms with Gasteiger partial charge in [0.1, 0.15) is 11.3 Å². The number of nitrogens with zero attached hydrogens (tertiary/aromatic N) is 2. The SMILES string of the molecule is Cc1ccc2nc(C)c(C(=O)NCCNCc3ccccc3)n2c1. The van der Waals surface area contributed by atoms with Crippen LogP contribution in [0.25, 0.3) is 5.65 Å². The summed E-state index contributed by atoms with van der Waals surface area (Å²) in [6.45, 7) is 5.96. The molecule has 0 aliphatic heterocycles. The summed E-state index contributed by atoms with van der Waals surface area (Å²) in [4.78, 5) is 16.9. The Labute approximate surface area is 141 Å². The number of imidazole rings is 1. The molecule has 0 bridgehead atoms. The van der Waals surface area contributed by atoms with E-state index in [1.54, 1.807) is 0 Å². The topological polar surface area (TPSA) is 58.4 Å². The van der Waals surface area contributed by atoms with E-state index in [0.717, 1.165) is 30.0 Å². The highest BCUT2D eigenvalue weighted by Gasteiger charge is 2.15. The van der Waals surface area contributed by atoms with Crippen molar-refractivity contribution in [1.82, 2.24) is 20.0 Å². The number of aromatic nitrogens is 2. The molecule has 0 radical (unpaired) electrons. The molecule has 0 saturated carbocycles. The van der Waals surface area contributed by atoms with E-state index in [1.807, 2.05) is 54.8 Å². The second kappa shape index (κ2) is 7.27. The smallest absolute Gasteiger partial charge is 0.270 e. The van der Waals surface area contributed by atoms with Gasteiger partial charge < -0.3 is 10.6 Å². The molecule has 0 aliphatic carbocycles. The van der Waals surface area contributed by atoms with Crippen molar-refractivity contribution in [2.45, 2.75) is 20.4 Å². The predicted molar refractivity (Wildman–Crippen MR) is 95.1 cm³/mol. The van der Waals surface area contributed by atoms with Crippen molar-refractivity contribution in [2.24, 2.45) is 0 Å². The second-order valence-electron chi connectivity index (χ2n) is 5.90. The van der Waals surface area contributed by atoms with Crippen LogP contribution in [0.15, 0.2) is 48.7 Å². The molecule has 124 valence electrons. The van der Waals surface area contributed by atoms with Crippen molar-refractivity contribution in [2.75, 3.05) is 13.1 Å². The van der Waals surface area contributed by atoms with Gasteiger partial charge in [0.2, 0.25) is 0 Å². The minimum Gasteiger partial charge on any atom is -0.349 e. The van der Waals surface area contributed by atoms with Crippen molar-refractivity contribution in [1.29, 1.82) is 0 Å². The fourth-order valence-corrected chi connectivity index (χ4v) is 2.72. The molecule has 1 amide bonds. The molecule has 0 spiro atoms. The lowest BCUT2D eigenvalue weighted by atomic mass is 10.2. The number of nitrogens with one attached hydrogen (secondary N) is 2. The molecular weight excluding hydrogens is 300 g/mol. The Morgan fingerprint density at radius 3 is 2.67 bits per heavy atom. The maximum Gasteiger partial charge on any atom is 0.270 e. The van der Waals surface area contributed by atoms with E-state index >= 15 is 0 Å². The molecule has 5 heteroatoms. The third-order valence-electron chi connectivity index (χ3n) is 3.92. The number of aryl methyl sites for hydroxylation is 2.